The van der Waals surface area contributed by atoms with Crippen LogP contribution in [0.3, 0.4) is 0 Å². The average Bonchev–Trinajstić information content (AvgIpc) is 3.15. The first kappa shape index (κ1) is 22.1. The number of carbonyl (C=O) groups is 1. The fraction of sp³-hybridized carbons (Fsp3) is 0.364. The summed E-state index contributed by atoms with van der Waals surface area (Å²) in [5, 5.41) is 11.7. The number of nitrogens with zero attached hydrogens (tertiary/aromatic N) is 4. The van der Waals surface area contributed by atoms with Crippen LogP contribution >= 0.6 is 11.3 Å². The standard InChI is InChI=1S/C22H23FN4O4S/c1-31-13-12-26-20-16(23)6-5-7-19(20)32-22(26)24-21(28)15-8-9-17(18(14-15)27(29)30)25-10-3-2-4-11-25/h5-9,14H,2-4,10-13H2,1H3. The number of thiazole rings is 1. The van der Waals surface area contributed by atoms with Crippen molar-refractivity contribution in [2.45, 2.75) is 25.8 Å². The van der Waals surface area contributed by atoms with E-state index in [-0.39, 0.29) is 11.3 Å². The maximum Gasteiger partial charge on any atom is 0.293 e. The topological polar surface area (TPSA) is 90.0 Å². The molecular formula is C22H23FN4O4S. The molecule has 1 saturated heterocycles. The lowest BCUT2D eigenvalue weighted by molar-refractivity contribution is -0.384. The van der Waals surface area contributed by atoms with Gasteiger partial charge in [0.15, 0.2) is 4.80 Å². The van der Waals surface area contributed by atoms with Gasteiger partial charge in [0, 0.05) is 38.4 Å². The minimum absolute atomic E-state index is 0.109. The monoisotopic (exact) mass is 458 g/mol. The summed E-state index contributed by atoms with van der Waals surface area (Å²) in [5.74, 6) is -1.03. The number of anilines is 1. The number of ether oxygens (including phenoxy) is 1. The number of rotatable bonds is 6. The van der Waals surface area contributed by atoms with Gasteiger partial charge < -0.3 is 14.2 Å². The number of hydrogen-bond acceptors (Lipinski definition) is 6. The van der Waals surface area contributed by atoms with Crippen LogP contribution < -0.4 is 9.70 Å². The molecule has 0 saturated carbocycles. The van der Waals surface area contributed by atoms with Crippen molar-refractivity contribution >= 4 is 38.8 Å². The van der Waals surface area contributed by atoms with Crippen LogP contribution in [0.2, 0.25) is 0 Å². The second-order valence-corrected chi connectivity index (χ2v) is 8.55. The number of hydrogen-bond donors (Lipinski definition) is 0. The Kier molecular flexibility index (Phi) is 6.61. The summed E-state index contributed by atoms with van der Waals surface area (Å²) >= 11 is 1.19. The molecule has 3 aromatic rings. The molecule has 2 aromatic carbocycles. The van der Waals surface area contributed by atoms with Crippen molar-refractivity contribution in [1.82, 2.24) is 4.57 Å². The zero-order valence-corrected chi connectivity index (χ0v) is 18.4. The summed E-state index contributed by atoms with van der Waals surface area (Å²) < 4.78 is 21.8. The van der Waals surface area contributed by atoms with E-state index in [1.165, 1.54) is 30.6 Å². The molecule has 32 heavy (non-hydrogen) atoms. The lowest BCUT2D eigenvalue weighted by atomic mass is 10.1. The van der Waals surface area contributed by atoms with Gasteiger partial charge in [-0.05, 0) is 43.5 Å². The minimum Gasteiger partial charge on any atom is -0.383 e. The first-order chi connectivity index (χ1) is 15.5. The molecule has 0 atom stereocenters. The van der Waals surface area contributed by atoms with Crippen molar-refractivity contribution in [1.29, 1.82) is 0 Å². The van der Waals surface area contributed by atoms with Gasteiger partial charge in [-0.25, -0.2) is 4.39 Å². The average molecular weight is 459 g/mol. The van der Waals surface area contributed by atoms with E-state index in [4.69, 9.17) is 4.74 Å². The molecule has 1 fully saturated rings. The van der Waals surface area contributed by atoms with Gasteiger partial charge in [0.05, 0.1) is 21.7 Å². The lowest BCUT2D eigenvalue weighted by Crippen LogP contribution is -2.30. The molecule has 0 spiro atoms. The molecule has 0 unspecified atom stereocenters. The fourth-order valence-corrected chi connectivity index (χ4v) is 4.99. The minimum atomic E-state index is -0.614. The Balaban J connectivity index is 1.75. The molecule has 1 aliphatic heterocycles. The summed E-state index contributed by atoms with van der Waals surface area (Å²) in [6.45, 7) is 2.14. The third-order valence-electron chi connectivity index (χ3n) is 5.48. The van der Waals surface area contributed by atoms with Crippen molar-refractivity contribution in [2.24, 2.45) is 4.99 Å². The summed E-state index contributed by atoms with van der Waals surface area (Å²) in [6.07, 6.45) is 3.08. The van der Waals surface area contributed by atoms with Crippen LogP contribution in [0.4, 0.5) is 15.8 Å². The number of halogens is 1. The number of benzene rings is 2. The molecule has 0 radical (unpaired) electrons. The highest BCUT2D eigenvalue weighted by Crippen LogP contribution is 2.31. The highest BCUT2D eigenvalue weighted by atomic mass is 32.1. The smallest absolute Gasteiger partial charge is 0.293 e. The molecule has 4 rings (SSSR count). The molecule has 2 heterocycles. The van der Waals surface area contributed by atoms with Gasteiger partial charge in [0.25, 0.3) is 11.6 Å². The van der Waals surface area contributed by atoms with Crippen molar-refractivity contribution in [2.75, 3.05) is 31.7 Å². The molecule has 0 aliphatic carbocycles. The Morgan fingerprint density at radius 1 is 1.25 bits per heavy atom. The Hall–Kier alpha value is -3.11. The number of piperidine rings is 1. The molecule has 1 aliphatic rings. The van der Waals surface area contributed by atoms with E-state index in [1.807, 2.05) is 4.90 Å². The number of nitro benzene ring substituents is 1. The first-order valence-electron chi connectivity index (χ1n) is 10.4. The molecule has 8 nitrogen and oxygen atoms in total. The predicted octanol–water partition coefficient (Wildman–Crippen LogP) is 4.13. The number of para-hydroxylation sites is 1. The van der Waals surface area contributed by atoms with E-state index in [0.717, 1.165) is 32.4 Å². The van der Waals surface area contributed by atoms with Crippen LogP contribution in [0.1, 0.15) is 29.6 Å². The second-order valence-electron chi connectivity index (χ2n) is 7.54. The number of carbonyl (C=O) groups excluding carboxylic acids is 1. The number of amides is 1. The highest BCUT2D eigenvalue weighted by molar-refractivity contribution is 7.16. The maximum atomic E-state index is 14.4. The predicted molar refractivity (Wildman–Crippen MR) is 121 cm³/mol. The molecule has 1 amide bonds. The number of nitro groups is 1. The maximum absolute atomic E-state index is 14.4. The van der Waals surface area contributed by atoms with Gasteiger partial charge in [-0.15, -0.1) is 0 Å². The summed E-state index contributed by atoms with van der Waals surface area (Å²) in [7, 11) is 1.54. The van der Waals surface area contributed by atoms with Crippen LogP contribution in [0, 0.1) is 15.9 Å². The molecule has 1 aromatic heterocycles. The Morgan fingerprint density at radius 2 is 2.03 bits per heavy atom. The van der Waals surface area contributed by atoms with E-state index >= 15 is 0 Å². The number of fused-ring (bicyclic) bond motifs is 1. The Labute approximate surface area is 187 Å². The van der Waals surface area contributed by atoms with E-state index in [0.29, 0.717) is 33.9 Å². The molecule has 0 bridgehead atoms. The van der Waals surface area contributed by atoms with Crippen molar-refractivity contribution in [3.05, 3.63) is 62.7 Å². The fourth-order valence-electron chi connectivity index (χ4n) is 3.92. The summed E-state index contributed by atoms with van der Waals surface area (Å²) in [5.41, 5.74) is 0.883. The van der Waals surface area contributed by atoms with Gasteiger partial charge in [0.1, 0.15) is 11.5 Å². The zero-order chi connectivity index (χ0) is 22.7. The van der Waals surface area contributed by atoms with Crippen molar-refractivity contribution < 1.29 is 18.8 Å². The van der Waals surface area contributed by atoms with Crippen LogP contribution in [0.25, 0.3) is 10.2 Å². The van der Waals surface area contributed by atoms with E-state index in [9.17, 15) is 19.3 Å². The third-order valence-corrected chi connectivity index (χ3v) is 6.53. The summed E-state index contributed by atoms with van der Waals surface area (Å²) in [4.78, 5) is 30.7. The largest absolute Gasteiger partial charge is 0.383 e. The van der Waals surface area contributed by atoms with Gasteiger partial charge in [-0.3, -0.25) is 14.9 Å². The normalized spacial score (nSPS) is 14.8. The quantitative estimate of drug-likeness (QED) is 0.409. The second kappa shape index (κ2) is 9.58. The molecule has 168 valence electrons. The van der Waals surface area contributed by atoms with Crippen LogP contribution in [0.15, 0.2) is 41.4 Å². The van der Waals surface area contributed by atoms with Crippen molar-refractivity contribution in [3.63, 3.8) is 0 Å². The van der Waals surface area contributed by atoms with Gasteiger partial charge >= 0.3 is 0 Å². The first-order valence-corrected chi connectivity index (χ1v) is 11.2. The molecular weight excluding hydrogens is 435 g/mol. The van der Waals surface area contributed by atoms with Crippen LogP contribution in [-0.2, 0) is 11.3 Å². The molecule has 0 N–H and O–H groups in total. The zero-order valence-electron chi connectivity index (χ0n) is 17.6. The third kappa shape index (κ3) is 4.42. The van der Waals surface area contributed by atoms with E-state index in [2.05, 4.69) is 4.99 Å². The lowest BCUT2D eigenvalue weighted by Gasteiger charge is -2.28. The molecule has 10 heteroatoms. The summed E-state index contributed by atoms with van der Waals surface area (Å²) in [6, 6.07) is 9.18. The van der Waals surface area contributed by atoms with E-state index in [1.54, 1.807) is 28.8 Å². The van der Waals surface area contributed by atoms with Crippen LogP contribution in [-0.4, -0.2) is 42.2 Å². The Morgan fingerprint density at radius 3 is 2.75 bits per heavy atom. The van der Waals surface area contributed by atoms with Gasteiger partial charge in [0.2, 0.25) is 0 Å². The highest BCUT2D eigenvalue weighted by Gasteiger charge is 2.23. The Bertz CT molecular complexity index is 1230. The SMILES string of the molecule is COCCn1c(=NC(=O)c2ccc(N3CCCCC3)c([N+](=O)[O-])c2)sc2cccc(F)c21. The van der Waals surface area contributed by atoms with Crippen LogP contribution in [0.5, 0.6) is 0 Å². The van der Waals surface area contributed by atoms with E-state index < -0.39 is 16.6 Å². The number of aromatic nitrogens is 1. The number of methoxy groups -OCH3 is 1. The van der Waals surface area contributed by atoms with Gasteiger partial charge in [-0.1, -0.05) is 17.4 Å². The van der Waals surface area contributed by atoms with Crippen molar-refractivity contribution in [3.8, 4) is 0 Å². The van der Waals surface area contributed by atoms with Gasteiger partial charge in [-0.2, -0.15) is 4.99 Å².